The van der Waals surface area contributed by atoms with Crippen molar-refractivity contribution in [2.24, 2.45) is 5.14 Å². The third kappa shape index (κ3) is 4.72. The largest absolute Gasteiger partial charge is 0.481 e. The first-order valence-electron chi connectivity index (χ1n) is 5.49. The second-order valence-corrected chi connectivity index (χ2v) is 5.35. The third-order valence-corrected chi connectivity index (χ3v) is 3.30. The van der Waals surface area contributed by atoms with Gasteiger partial charge in [-0.05, 0) is 25.0 Å². The summed E-state index contributed by atoms with van der Waals surface area (Å²) in [5, 5.41) is 16.5. The average Bonchev–Trinajstić information content (AvgIpc) is 2.27. The number of hydrogen-bond donors (Lipinski definition) is 3. The Hall–Kier alpha value is -1.60. The Morgan fingerprint density at radius 2 is 1.94 bits per heavy atom. The van der Waals surface area contributed by atoms with E-state index >= 15 is 0 Å². The van der Waals surface area contributed by atoms with E-state index in [2.05, 4.69) is 5.32 Å². The fourth-order valence-electron chi connectivity index (χ4n) is 1.49. The molecule has 1 aromatic carbocycles. The molecule has 6 nitrogen and oxygen atoms in total. The highest BCUT2D eigenvalue weighted by Crippen LogP contribution is 2.19. The Morgan fingerprint density at radius 3 is 2.56 bits per heavy atom. The van der Waals surface area contributed by atoms with Crippen molar-refractivity contribution >= 4 is 21.7 Å². The second kappa shape index (κ2) is 6.36. The van der Waals surface area contributed by atoms with Gasteiger partial charge in [0, 0.05) is 13.0 Å². The number of benzene rings is 1. The smallest absolute Gasteiger partial charge is 0.303 e. The van der Waals surface area contributed by atoms with Crippen LogP contribution >= 0.6 is 0 Å². The van der Waals surface area contributed by atoms with Crippen molar-refractivity contribution < 1.29 is 18.3 Å². The number of sulfonamides is 1. The normalized spacial score (nSPS) is 11.2. The van der Waals surface area contributed by atoms with E-state index < -0.39 is 16.0 Å². The number of carbonyl (C=O) groups is 1. The summed E-state index contributed by atoms with van der Waals surface area (Å²) < 4.78 is 22.6. The highest BCUT2D eigenvalue weighted by atomic mass is 32.2. The first kappa shape index (κ1) is 14.5. The van der Waals surface area contributed by atoms with Gasteiger partial charge in [-0.3, -0.25) is 4.79 Å². The van der Waals surface area contributed by atoms with Gasteiger partial charge in [0.15, 0.2) is 0 Å². The molecule has 18 heavy (non-hydrogen) atoms. The number of hydrogen-bond acceptors (Lipinski definition) is 4. The molecule has 1 rings (SSSR count). The van der Waals surface area contributed by atoms with Gasteiger partial charge in [-0.2, -0.15) is 0 Å². The van der Waals surface area contributed by atoms with Crippen molar-refractivity contribution in [2.45, 2.75) is 24.2 Å². The van der Waals surface area contributed by atoms with Crippen LogP contribution in [-0.4, -0.2) is 26.0 Å². The second-order valence-electron chi connectivity index (χ2n) is 3.82. The lowest BCUT2D eigenvalue weighted by molar-refractivity contribution is -0.137. The first-order chi connectivity index (χ1) is 8.41. The molecule has 7 heteroatoms. The van der Waals surface area contributed by atoms with Crippen LogP contribution in [0, 0.1) is 0 Å². The third-order valence-electron chi connectivity index (χ3n) is 2.33. The number of carboxylic acids is 1. The summed E-state index contributed by atoms with van der Waals surface area (Å²) in [5.74, 6) is -0.833. The van der Waals surface area contributed by atoms with E-state index in [0.29, 0.717) is 25.1 Å². The number of rotatable bonds is 7. The number of carboxylic acid groups (broad SMARTS) is 1. The van der Waals surface area contributed by atoms with E-state index in [-0.39, 0.29) is 11.3 Å². The molecule has 0 fully saturated rings. The van der Waals surface area contributed by atoms with E-state index in [4.69, 9.17) is 10.2 Å². The lowest BCUT2D eigenvalue weighted by Crippen LogP contribution is -2.15. The Morgan fingerprint density at radius 1 is 1.28 bits per heavy atom. The summed E-state index contributed by atoms with van der Waals surface area (Å²) >= 11 is 0. The van der Waals surface area contributed by atoms with Gasteiger partial charge in [-0.25, -0.2) is 13.6 Å². The highest BCUT2D eigenvalue weighted by molar-refractivity contribution is 7.89. The quantitative estimate of drug-likeness (QED) is 0.641. The lowest BCUT2D eigenvalue weighted by atomic mass is 10.2. The minimum Gasteiger partial charge on any atom is -0.481 e. The number of nitrogens with one attached hydrogen (secondary N) is 1. The van der Waals surface area contributed by atoms with Gasteiger partial charge < -0.3 is 10.4 Å². The zero-order valence-electron chi connectivity index (χ0n) is 9.80. The van der Waals surface area contributed by atoms with Crippen LogP contribution in [0.2, 0.25) is 0 Å². The number of unbranched alkanes of at least 4 members (excludes halogenated alkanes) is 1. The predicted molar refractivity (Wildman–Crippen MR) is 67.8 cm³/mol. The molecule has 0 saturated heterocycles. The summed E-state index contributed by atoms with van der Waals surface area (Å²) in [6, 6.07) is 6.34. The van der Waals surface area contributed by atoms with Gasteiger partial charge >= 0.3 is 5.97 Å². The summed E-state index contributed by atoms with van der Waals surface area (Å²) in [4.78, 5) is 10.3. The van der Waals surface area contributed by atoms with Crippen LogP contribution in [-0.2, 0) is 14.8 Å². The minimum absolute atomic E-state index is 0.0447. The van der Waals surface area contributed by atoms with Crippen LogP contribution in [0.4, 0.5) is 5.69 Å². The van der Waals surface area contributed by atoms with E-state index in [1.54, 1.807) is 18.2 Å². The molecule has 0 heterocycles. The molecule has 4 N–H and O–H groups in total. The molecule has 0 radical (unpaired) electrons. The van der Waals surface area contributed by atoms with Crippen LogP contribution in [0.3, 0.4) is 0 Å². The SMILES string of the molecule is NS(=O)(=O)c1ccccc1NCCCCC(=O)O. The molecule has 0 aliphatic rings. The van der Waals surface area contributed by atoms with E-state index in [1.807, 2.05) is 0 Å². The number of aliphatic carboxylic acids is 1. The standard InChI is InChI=1S/C11H16N2O4S/c12-18(16,17)10-6-2-1-5-9(10)13-8-4-3-7-11(14)15/h1-2,5-6,13H,3-4,7-8H2,(H,14,15)(H2,12,16,17). The van der Waals surface area contributed by atoms with Crippen molar-refractivity contribution in [3.8, 4) is 0 Å². The number of para-hydroxylation sites is 1. The van der Waals surface area contributed by atoms with Crippen molar-refractivity contribution in [1.29, 1.82) is 0 Å². The van der Waals surface area contributed by atoms with Crippen molar-refractivity contribution in [1.82, 2.24) is 0 Å². The first-order valence-corrected chi connectivity index (χ1v) is 7.03. The number of primary sulfonamides is 1. The minimum atomic E-state index is -3.75. The number of nitrogens with two attached hydrogens (primary N) is 1. The Bertz CT molecular complexity index is 514. The zero-order chi connectivity index (χ0) is 13.6. The summed E-state index contributed by atoms with van der Waals surface area (Å²) in [6.07, 6.45) is 1.30. The molecule has 0 bridgehead atoms. The summed E-state index contributed by atoms with van der Waals surface area (Å²) in [5.41, 5.74) is 0.440. The molecule has 0 aliphatic heterocycles. The zero-order valence-corrected chi connectivity index (χ0v) is 10.6. The Kier molecular flexibility index (Phi) is 5.11. The maximum Gasteiger partial charge on any atom is 0.303 e. The molecule has 0 spiro atoms. The highest BCUT2D eigenvalue weighted by Gasteiger charge is 2.12. The maximum absolute atomic E-state index is 11.3. The number of anilines is 1. The van der Waals surface area contributed by atoms with Crippen LogP contribution < -0.4 is 10.5 Å². The van der Waals surface area contributed by atoms with Gasteiger partial charge in [0.25, 0.3) is 0 Å². The van der Waals surface area contributed by atoms with Crippen molar-refractivity contribution in [2.75, 3.05) is 11.9 Å². The fraction of sp³-hybridized carbons (Fsp3) is 0.364. The maximum atomic E-state index is 11.3. The molecule has 0 amide bonds. The van der Waals surface area contributed by atoms with E-state index in [9.17, 15) is 13.2 Å². The van der Waals surface area contributed by atoms with Gasteiger partial charge in [0.2, 0.25) is 10.0 Å². The van der Waals surface area contributed by atoms with Crippen molar-refractivity contribution in [3.05, 3.63) is 24.3 Å². The van der Waals surface area contributed by atoms with Gasteiger partial charge in [-0.1, -0.05) is 12.1 Å². The van der Waals surface area contributed by atoms with Crippen molar-refractivity contribution in [3.63, 3.8) is 0 Å². The van der Waals surface area contributed by atoms with Crippen LogP contribution in [0.15, 0.2) is 29.2 Å². The summed E-state index contributed by atoms with van der Waals surface area (Å²) in [6.45, 7) is 0.500. The molecular formula is C11H16N2O4S. The van der Waals surface area contributed by atoms with Gasteiger partial charge in [0.05, 0.1) is 5.69 Å². The Balaban J connectivity index is 2.55. The van der Waals surface area contributed by atoms with Gasteiger partial charge in [0.1, 0.15) is 4.90 Å². The molecule has 1 aromatic rings. The Labute approximate surface area is 106 Å². The molecule has 0 atom stereocenters. The van der Waals surface area contributed by atoms with Crippen LogP contribution in [0.1, 0.15) is 19.3 Å². The monoisotopic (exact) mass is 272 g/mol. The molecule has 0 aliphatic carbocycles. The predicted octanol–water partition coefficient (Wildman–Crippen LogP) is 1.00. The summed E-state index contributed by atoms with van der Waals surface area (Å²) in [7, 11) is -3.75. The van der Waals surface area contributed by atoms with Gasteiger partial charge in [-0.15, -0.1) is 0 Å². The molecular weight excluding hydrogens is 256 g/mol. The fourth-order valence-corrected chi connectivity index (χ4v) is 2.20. The topological polar surface area (TPSA) is 109 Å². The lowest BCUT2D eigenvalue weighted by Gasteiger charge is -2.09. The molecule has 0 aromatic heterocycles. The average molecular weight is 272 g/mol. The van der Waals surface area contributed by atoms with Crippen LogP contribution in [0.5, 0.6) is 0 Å². The van der Waals surface area contributed by atoms with Crippen LogP contribution in [0.25, 0.3) is 0 Å². The van der Waals surface area contributed by atoms with E-state index in [1.165, 1.54) is 6.07 Å². The van der Waals surface area contributed by atoms with E-state index in [0.717, 1.165) is 0 Å². The molecule has 100 valence electrons. The molecule has 0 unspecified atom stereocenters. The molecule has 0 saturated carbocycles.